The topological polar surface area (TPSA) is 58.6 Å². The van der Waals surface area contributed by atoms with E-state index in [0.717, 1.165) is 38.3 Å². The number of hydrogen-bond donors (Lipinski definition) is 2. The molecule has 0 aliphatic heterocycles. The molecule has 1 atom stereocenters. The number of unbranched alkanes of at least 4 members (excludes halogenated alkanes) is 1. The second-order valence-corrected chi connectivity index (χ2v) is 8.71. The molecule has 0 amide bonds. The Balaban J connectivity index is 2.39. The van der Waals surface area contributed by atoms with E-state index < -0.39 is 5.97 Å². The van der Waals surface area contributed by atoms with Gasteiger partial charge in [-0.25, -0.2) is 0 Å². The van der Waals surface area contributed by atoms with Crippen LogP contribution >= 0.6 is 0 Å². The van der Waals surface area contributed by atoms with Gasteiger partial charge < -0.3 is 15.2 Å². The lowest BCUT2D eigenvalue weighted by Gasteiger charge is -2.45. The molecule has 0 aromatic heterocycles. The predicted molar refractivity (Wildman–Crippen MR) is 108 cm³/mol. The molecule has 0 aromatic rings. The Labute approximate surface area is 160 Å². The van der Waals surface area contributed by atoms with Gasteiger partial charge in [0.25, 0.3) is 0 Å². The molecule has 2 N–H and O–H groups in total. The van der Waals surface area contributed by atoms with Crippen LogP contribution in [-0.2, 0) is 9.53 Å². The highest BCUT2D eigenvalue weighted by atomic mass is 16.5. The summed E-state index contributed by atoms with van der Waals surface area (Å²) in [4.78, 5) is 10.5. The zero-order valence-corrected chi connectivity index (χ0v) is 17.5. The fourth-order valence-corrected chi connectivity index (χ4v) is 3.79. The molecule has 1 aliphatic carbocycles. The Morgan fingerprint density at radius 2 is 1.85 bits per heavy atom. The van der Waals surface area contributed by atoms with Gasteiger partial charge in [-0.2, -0.15) is 0 Å². The van der Waals surface area contributed by atoms with Crippen molar-refractivity contribution in [3.05, 3.63) is 12.7 Å². The van der Waals surface area contributed by atoms with Crippen molar-refractivity contribution in [1.29, 1.82) is 0 Å². The summed E-state index contributed by atoms with van der Waals surface area (Å²) in [5.74, 6) is 0.168. The van der Waals surface area contributed by atoms with E-state index in [9.17, 15) is 4.79 Å². The Kier molecular flexibility index (Phi) is 9.88. The second kappa shape index (κ2) is 11.1. The Bertz CT molecular complexity index is 427. The standard InChI is InChI=1S/C22H41NO3/c1-6-18-11-13-19(14-12-18)26-22(5,7-2)21(3,4)15-17-23-16-9-8-10-20(24)25/h7,18-19,23H,2,6,8-17H2,1,3-5H3,(H,24,25). The van der Waals surface area contributed by atoms with E-state index in [1.54, 1.807) is 0 Å². The third kappa shape index (κ3) is 7.40. The van der Waals surface area contributed by atoms with Gasteiger partial charge in [0, 0.05) is 6.42 Å². The van der Waals surface area contributed by atoms with Crippen molar-refractivity contribution in [1.82, 2.24) is 5.32 Å². The number of nitrogens with one attached hydrogen (secondary N) is 1. The summed E-state index contributed by atoms with van der Waals surface area (Å²) in [5, 5.41) is 12.1. The maximum atomic E-state index is 10.5. The van der Waals surface area contributed by atoms with E-state index in [1.807, 2.05) is 6.08 Å². The molecule has 4 nitrogen and oxygen atoms in total. The molecule has 0 bridgehead atoms. The minimum atomic E-state index is -0.710. The summed E-state index contributed by atoms with van der Waals surface area (Å²) in [6.07, 6.45) is 11.4. The highest BCUT2D eigenvalue weighted by molar-refractivity contribution is 5.66. The normalized spacial score (nSPS) is 23.4. The van der Waals surface area contributed by atoms with E-state index in [0.29, 0.717) is 6.10 Å². The van der Waals surface area contributed by atoms with E-state index in [4.69, 9.17) is 9.84 Å². The molecule has 4 heteroatoms. The Morgan fingerprint density at radius 1 is 1.19 bits per heavy atom. The third-order valence-corrected chi connectivity index (χ3v) is 6.44. The van der Waals surface area contributed by atoms with Crippen molar-refractivity contribution < 1.29 is 14.6 Å². The van der Waals surface area contributed by atoms with Gasteiger partial charge in [0.15, 0.2) is 0 Å². The average molecular weight is 368 g/mol. The summed E-state index contributed by atoms with van der Waals surface area (Å²) < 4.78 is 6.60. The van der Waals surface area contributed by atoms with Gasteiger partial charge in [-0.1, -0.05) is 33.3 Å². The monoisotopic (exact) mass is 367 g/mol. The molecule has 0 heterocycles. The van der Waals surface area contributed by atoms with Crippen molar-refractivity contribution in [2.45, 2.75) is 97.2 Å². The van der Waals surface area contributed by atoms with Crippen molar-refractivity contribution in [3.8, 4) is 0 Å². The summed E-state index contributed by atoms with van der Waals surface area (Å²) in [6, 6.07) is 0. The van der Waals surface area contributed by atoms with Gasteiger partial charge in [0.05, 0.1) is 11.7 Å². The van der Waals surface area contributed by atoms with E-state index in [2.05, 4.69) is 39.6 Å². The number of carbonyl (C=O) groups is 1. The number of ether oxygens (including phenoxy) is 1. The first kappa shape index (κ1) is 23.2. The molecule has 26 heavy (non-hydrogen) atoms. The van der Waals surface area contributed by atoms with E-state index >= 15 is 0 Å². The van der Waals surface area contributed by atoms with Crippen molar-refractivity contribution in [2.75, 3.05) is 13.1 Å². The summed E-state index contributed by atoms with van der Waals surface area (Å²) >= 11 is 0. The van der Waals surface area contributed by atoms with Crippen LogP contribution in [0.5, 0.6) is 0 Å². The Morgan fingerprint density at radius 3 is 2.38 bits per heavy atom. The number of rotatable bonds is 13. The fourth-order valence-electron chi connectivity index (χ4n) is 3.79. The number of hydrogen-bond acceptors (Lipinski definition) is 3. The molecule has 1 rings (SSSR count). The summed E-state index contributed by atoms with van der Waals surface area (Å²) in [6.45, 7) is 14.9. The summed E-state index contributed by atoms with van der Waals surface area (Å²) in [7, 11) is 0. The predicted octanol–water partition coefficient (Wildman–Crippen LogP) is 5.18. The van der Waals surface area contributed by atoms with Crippen LogP contribution in [-0.4, -0.2) is 35.9 Å². The molecule has 1 unspecified atom stereocenters. The molecule has 0 spiro atoms. The zero-order valence-electron chi connectivity index (χ0n) is 17.5. The molecule has 0 aromatic carbocycles. The van der Waals surface area contributed by atoms with Crippen molar-refractivity contribution in [2.24, 2.45) is 11.3 Å². The highest BCUT2D eigenvalue weighted by Crippen LogP contribution is 2.41. The quantitative estimate of drug-likeness (QED) is 0.348. The van der Waals surface area contributed by atoms with Crippen LogP contribution in [0.4, 0.5) is 0 Å². The van der Waals surface area contributed by atoms with E-state index in [1.165, 1.54) is 32.1 Å². The van der Waals surface area contributed by atoms with Crippen molar-refractivity contribution in [3.63, 3.8) is 0 Å². The van der Waals surface area contributed by atoms with Gasteiger partial charge in [0.1, 0.15) is 0 Å². The Hall–Kier alpha value is -0.870. The molecule has 0 saturated heterocycles. The molecule has 1 aliphatic rings. The lowest BCUT2D eigenvalue weighted by molar-refractivity contribution is -0.137. The van der Waals surface area contributed by atoms with Gasteiger partial charge in [-0.15, -0.1) is 6.58 Å². The number of carboxylic acid groups (broad SMARTS) is 1. The van der Waals surface area contributed by atoms with Crippen LogP contribution in [0.1, 0.15) is 85.5 Å². The number of carboxylic acids is 1. The van der Waals surface area contributed by atoms with Gasteiger partial charge in [-0.05, 0) is 76.3 Å². The zero-order chi connectivity index (χ0) is 19.6. The van der Waals surface area contributed by atoms with E-state index in [-0.39, 0.29) is 17.4 Å². The first-order valence-corrected chi connectivity index (χ1v) is 10.5. The summed E-state index contributed by atoms with van der Waals surface area (Å²) in [5.41, 5.74) is -0.341. The third-order valence-electron chi connectivity index (χ3n) is 6.44. The lowest BCUT2D eigenvalue weighted by atomic mass is 9.73. The molecule has 0 radical (unpaired) electrons. The molecule has 152 valence electrons. The molecular formula is C22H41NO3. The smallest absolute Gasteiger partial charge is 0.303 e. The lowest BCUT2D eigenvalue weighted by Crippen LogP contribution is -2.47. The van der Waals surface area contributed by atoms with Crippen LogP contribution in [0, 0.1) is 11.3 Å². The fraction of sp³-hybridized carbons (Fsp3) is 0.864. The molecular weight excluding hydrogens is 326 g/mol. The average Bonchev–Trinajstić information content (AvgIpc) is 2.61. The highest BCUT2D eigenvalue weighted by Gasteiger charge is 2.41. The first-order valence-electron chi connectivity index (χ1n) is 10.5. The minimum absolute atomic E-state index is 0.00950. The van der Waals surface area contributed by atoms with Crippen LogP contribution < -0.4 is 5.32 Å². The second-order valence-electron chi connectivity index (χ2n) is 8.71. The van der Waals surface area contributed by atoms with Crippen LogP contribution in [0.3, 0.4) is 0 Å². The SMILES string of the molecule is C=CC(C)(OC1CCC(CC)CC1)C(C)(C)CCNCCCCC(=O)O. The first-order chi connectivity index (χ1) is 12.2. The molecule has 1 fully saturated rings. The minimum Gasteiger partial charge on any atom is -0.481 e. The van der Waals surface area contributed by atoms with Crippen LogP contribution in [0.15, 0.2) is 12.7 Å². The van der Waals surface area contributed by atoms with Crippen molar-refractivity contribution >= 4 is 5.97 Å². The van der Waals surface area contributed by atoms with Gasteiger partial charge in [-0.3, -0.25) is 4.79 Å². The maximum Gasteiger partial charge on any atom is 0.303 e. The van der Waals surface area contributed by atoms with Crippen LogP contribution in [0.25, 0.3) is 0 Å². The maximum absolute atomic E-state index is 10.5. The largest absolute Gasteiger partial charge is 0.481 e. The van der Waals surface area contributed by atoms with Gasteiger partial charge >= 0.3 is 5.97 Å². The molecule has 1 saturated carbocycles. The number of aliphatic carboxylic acids is 1. The van der Waals surface area contributed by atoms with Crippen LogP contribution in [0.2, 0.25) is 0 Å². The van der Waals surface area contributed by atoms with Gasteiger partial charge in [0.2, 0.25) is 0 Å².